The predicted octanol–water partition coefficient (Wildman–Crippen LogP) is 3.42. The summed E-state index contributed by atoms with van der Waals surface area (Å²) in [5, 5.41) is 6.59. The highest BCUT2D eigenvalue weighted by Crippen LogP contribution is 2.33. The van der Waals surface area contributed by atoms with Crippen molar-refractivity contribution in [2.24, 2.45) is 0 Å². The smallest absolute Gasteiger partial charge is 0.185 e. The van der Waals surface area contributed by atoms with E-state index in [0.29, 0.717) is 12.0 Å². The minimum absolute atomic E-state index is 0.326. The minimum atomic E-state index is 0.326. The summed E-state index contributed by atoms with van der Waals surface area (Å²) >= 11 is 1.76. The first-order chi connectivity index (χ1) is 9.78. The molecular weight excluding hydrogens is 266 g/mol. The van der Waals surface area contributed by atoms with Gasteiger partial charge < -0.3 is 10.2 Å². The molecule has 1 aliphatic heterocycles. The van der Waals surface area contributed by atoms with Gasteiger partial charge in [-0.15, -0.1) is 11.3 Å². The summed E-state index contributed by atoms with van der Waals surface area (Å²) in [5.74, 6) is 0.644. The highest BCUT2D eigenvalue weighted by molar-refractivity contribution is 7.13. The lowest BCUT2D eigenvalue weighted by molar-refractivity contribution is 0.636. The summed E-state index contributed by atoms with van der Waals surface area (Å²) in [6.07, 6.45) is 1.22. The van der Waals surface area contributed by atoms with Crippen LogP contribution in [0, 0.1) is 0 Å². The van der Waals surface area contributed by atoms with Gasteiger partial charge in [0.15, 0.2) is 5.13 Å². The topological polar surface area (TPSA) is 28.2 Å². The average molecular weight is 287 g/mol. The van der Waals surface area contributed by atoms with Gasteiger partial charge in [-0.25, -0.2) is 4.98 Å². The molecule has 0 spiro atoms. The molecular formula is C16H21N3S. The van der Waals surface area contributed by atoms with Gasteiger partial charge in [-0.1, -0.05) is 30.3 Å². The molecule has 3 nitrogen and oxygen atoms in total. The van der Waals surface area contributed by atoms with Crippen molar-refractivity contribution < 1.29 is 0 Å². The fourth-order valence-electron chi connectivity index (χ4n) is 2.70. The Morgan fingerprint density at radius 1 is 1.35 bits per heavy atom. The van der Waals surface area contributed by atoms with Crippen LogP contribution in [0.4, 0.5) is 5.13 Å². The maximum absolute atomic E-state index is 4.77. The molecule has 0 bridgehead atoms. The molecule has 1 N–H and O–H groups in total. The van der Waals surface area contributed by atoms with E-state index in [1.165, 1.54) is 17.1 Å². The molecule has 0 aliphatic carbocycles. The number of anilines is 1. The van der Waals surface area contributed by atoms with Crippen LogP contribution in [0.2, 0.25) is 0 Å². The maximum atomic E-state index is 4.77. The Labute approximate surface area is 124 Å². The molecule has 2 aromatic rings. The van der Waals surface area contributed by atoms with Crippen LogP contribution in [0.25, 0.3) is 0 Å². The molecule has 4 heteroatoms. The second-order valence-electron chi connectivity index (χ2n) is 5.41. The molecule has 1 fully saturated rings. The van der Waals surface area contributed by atoms with Crippen molar-refractivity contribution in [3.05, 3.63) is 47.0 Å². The monoisotopic (exact) mass is 287 g/mol. The maximum Gasteiger partial charge on any atom is 0.185 e. The van der Waals surface area contributed by atoms with Crippen molar-refractivity contribution in [1.82, 2.24) is 10.3 Å². The minimum Gasteiger partial charge on any atom is -0.347 e. The molecule has 1 aromatic heterocycles. The van der Waals surface area contributed by atoms with E-state index in [2.05, 4.69) is 52.9 Å². The van der Waals surface area contributed by atoms with Crippen LogP contribution in [0.3, 0.4) is 0 Å². The molecule has 0 saturated carbocycles. The molecule has 106 valence electrons. The molecule has 2 unspecified atom stereocenters. The number of hydrogen-bond donors (Lipinski definition) is 1. The normalized spacial score (nSPS) is 20.3. The van der Waals surface area contributed by atoms with Crippen molar-refractivity contribution in [2.45, 2.75) is 25.3 Å². The fourth-order valence-corrected chi connectivity index (χ4v) is 3.66. The van der Waals surface area contributed by atoms with Crippen LogP contribution in [0.1, 0.15) is 36.6 Å². The Balaban J connectivity index is 1.69. The van der Waals surface area contributed by atoms with Gasteiger partial charge in [-0.05, 0) is 26.0 Å². The Kier molecular flexibility index (Phi) is 4.03. The van der Waals surface area contributed by atoms with Gasteiger partial charge in [0.2, 0.25) is 0 Å². The molecule has 1 saturated heterocycles. The highest BCUT2D eigenvalue weighted by Gasteiger charge is 2.25. The van der Waals surface area contributed by atoms with Crippen LogP contribution in [-0.4, -0.2) is 25.1 Å². The lowest BCUT2D eigenvalue weighted by Crippen LogP contribution is -2.19. The van der Waals surface area contributed by atoms with Gasteiger partial charge in [-0.3, -0.25) is 0 Å². The summed E-state index contributed by atoms with van der Waals surface area (Å²) in [4.78, 5) is 7.20. The van der Waals surface area contributed by atoms with Crippen molar-refractivity contribution in [3.63, 3.8) is 0 Å². The van der Waals surface area contributed by atoms with Crippen molar-refractivity contribution in [3.8, 4) is 0 Å². The Hall–Kier alpha value is -1.39. The third kappa shape index (κ3) is 2.72. The number of thiazole rings is 1. The van der Waals surface area contributed by atoms with E-state index in [-0.39, 0.29) is 0 Å². The van der Waals surface area contributed by atoms with E-state index in [1.54, 1.807) is 11.3 Å². The summed E-state index contributed by atoms with van der Waals surface area (Å²) in [5.41, 5.74) is 2.60. The Morgan fingerprint density at radius 2 is 2.15 bits per heavy atom. The van der Waals surface area contributed by atoms with Gasteiger partial charge in [0.1, 0.15) is 0 Å². The molecule has 2 heterocycles. The van der Waals surface area contributed by atoms with E-state index < -0.39 is 0 Å². The van der Waals surface area contributed by atoms with Gasteiger partial charge in [-0.2, -0.15) is 0 Å². The zero-order valence-corrected chi connectivity index (χ0v) is 12.9. The number of nitrogens with zero attached hydrogens (tertiary/aromatic N) is 2. The molecule has 0 radical (unpaired) electrons. The van der Waals surface area contributed by atoms with Crippen molar-refractivity contribution in [1.29, 1.82) is 0 Å². The van der Waals surface area contributed by atoms with Gasteiger partial charge in [0.05, 0.1) is 5.69 Å². The van der Waals surface area contributed by atoms with Gasteiger partial charge >= 0.3 is 0 Å². The zero-order valence-electron chi connectivity index (χ0n) is 12.0. The third-order valence-electron chi connectivity index (χ3n) is 4.12. The van der Waals surface area contributed by atoms with Crippen LogP contribution >= 0.6 is 11.3 Å². The van der Waals surface area contributed by atoms with Crippen LogP contribution in [0.5, 0.6) is 0 Å². The quantitative estimate of drug-likeness (QED) is 0.934. The average Bonchev–Trinajstić information content (AvgIpc) is 3.16. The van der Waals surface area contributed by atoms with Gasteiger partial charge in [0.25, 0.3) is 0 Å². The Bertz CT molecular complexity index is 552. The predicted molar refractivity (Wildman–Crippen MR) is 85.6 cm³/mol. The van der Waals surface area contributed by atoms with Crippen molar-refractivity contribution in [2.75, 3.05) is 25.0 Å². The Morgan fingerprint density at radius 3 is 2.90 bits per heavy atom. The van der Waals surface area contributed by atoms with Crippen LogP contribution < -0.4 is 10.2 Å². The lowest BCUT2D eigenvalue weighted by atomic mass is 9.99. The summed E-state index contributed by atoms with van der Waals surface area (Å²) in [6.45, 7) is 4.35. The zero-order chi connectivity index (χ0) is 13.9. The third-order valence-corrected chi connectivity index (χ3v) is 5.04. The lowest BCUT2D eigenvalue weighted by Gasteiger charge is -2.15. The molecule has 1 aromatic carbocycles. The second-order valence-corrected chi connectivity index (χ2v) is 6.24. The van der Waals surface area contributed by atoms with Crippen LogP contribution in [0.15, 0.2) is 35.7 Å². The largest absolute Gasteiger partial charge is 0.347 e. The summed E-state index contributed by atoms with van der Waals surface area (Å²) in [6, 6.07) is 11.2. The number of rotatable bonds is 4. The molecule has 2 atom stereocenters. The fraction of sp³-hybridized carbons (Fsp3) is 0.438. The van der Waals surface area contributed by atoms with Crippen LogP contribution in [-0.2, 0) is 0 Å². The summed E-state index contributed by atoms with van der Waals surface area (Å²) in [7, 11) is 1.98. The number of nitrogens with one attached hydrogen (secondary N) is 1. The first kappa shape index (κ1) is 13.6. The summed E-state index contributed by atoms with van der Waals surface area (Å²) < 4.78 is 0. The SMILES string of the molecule is CNC(C)c1csc(N2CCC(c3ccccc3)C2)n1. The van der Waals surface area contributed by atoms with E-state index in [0.717, 1.165) is 18.8 Å². The molecule has 1 aliphatic rings. The highest BCUT2D eigenvalue weighted by atomic mass is 32.1. The van der Waals surface area contributed by atoms with E-state index in [1.807, 2.05) is 7.05 Å². The molecule has 0 amide bonds. The van der Waals surface area contributed by atoms with Gasteiger partial charge in [0, 0.05) is 30.4 Å². The molecule has 20 heavy (non-hydrogen) atoms. The standard InChI is InChI=1S/C16H21N3S/c1-12(17-2)15-11-20-16(18-15)19-9-8-14(10-19)13-6-4-3-5-7-13/h3-7,11-12,14,17H,8-10H2,1-2H3. The number of benzene rings is 1. The van der Waals surface area contributed by atoms with E-state index in [4.69, 9.17) is 4.98 Å². The first-order valence-corrected chi connectivity index (χ1v) is 8.08. The van der Waals surface area contributed by atoms with E-state index in [9.17, 15) is 0 Å². The number of aromatic nitrogens is 1. The number of hydrogen-bond acceptors (Lipinski definition) is 4. The first-order valence-electron chi connectivity index (χ1n) is 7.20. The van der Waals surface area contributed by atoms with E-state index >= 15 is 0 Å². The second kappa shape index (κ2) is 5.94. The molecule has 3 rings (SSSR count). The van der Waals surface area contributed by atoms with Crippen molar-refractivity contribution >= 4 is 16.5 Å².